The van der Waals surface area contributed by atoms with Crippen LogP contribution in [0.5, 0.6) is 0 Å². The predicted molar refractivity (Wildman–Crippen MR) is 119 cm³/mol. The highest BCUT2D eigenvalue weighted by atomic mass is 19.1. The molecule has 0 atom stereocenters. The summed E-state index contributed by atoms with van der Waals surface area (Å²) in [4.78, 5) is 15.4. The third-order valence-corrected chi connectivity index (χ3v) is 5.70. The van der Waals surface area contributed by atoms with Crippen LogP contribution in [-0.2, 0) is 19.4 Å². The van der Waals surface area contributed by atoms with Gasteiger partial charge in [0.1, 0.15) is 5.82 Å². The van der Waals surface area contributed by atoms with Gasteiger partial charge in [0.15, 0.2) is 0 Å². The fraction of sp³-hybridized carbons (Fsp3) is 0.240. The number of anilines is 3. The molecule has 0 saturated heterocycles. The Hall–Kier alpha value is -3.34. The van der Waals surface area contributed by atoms with Crippen LogP contribution in [0.25, 0.3) is 0 Å². The number of nitrogens with one attached hydrogen (secondary N) is 1. The fourth-order valence-corrected chi connectivity index (χ4v) is 4.00. The third kappa shape index (κ3) is 4.01. The maximum Gasteiger partial charge on any atom is 0.272 e. The number of amides is 1. The summed E-state index contributed by atoms with van der Waals surface area (Å²) in [6.07, 6.45) is 3.34. The van der Waals surface area contributed by atoms with Crippen molar-refractivity contribution >= 4 is 23.0 Å². The number of carbonyl (C=O) groups excluding carboxylic acids is 1. The van der Waals surface area contributed by atoms with Crippen LogP contribution in [-0.4, -0.2) is 20.0 Å². The lowest BCUT2D eigenvalue weighted by atomic mass is 10.1. The average Bonchev–Trinajstić information content (AvgIpc) is 3.20. The van der Waals surface area contributed by atoms with E-state index in [9.17, 15) is 9.18 Å². The second-order valence-electron chi connectivity index (χ2n) is 7.95. The third-order valence-electron chi connectivity index (χ3n) is 5.70. The Bertz CT molecular complexity index is 1080. The van der Waals surface area contributed by atoms with Gasteiger partial charge in [-0.05, 0) is 78.4 Å². The molecule has 0 bridgehead atoms. The number of nitrogens with zero attached hydrogens (tertiary/aromatic N) is 2. The van der Waals surface area contributed by atoms with Crippen molar-refractivity contribution in [1.29, 1.82) is 0 Å². The lowest BCUT2D eigenvalue weighted by molar-refractivity contribution is 0.0988. The van der Waals surface area contributed by atoms with E-state index in [1.165, 1.54) is 29.7 Å². The molecule has 0 aliphatic heterocycles. The minimum absolute atomic E-state index is 0.206. The lowest BCUT2D eigenvalue weighted by Crippen LogP contribution is -2.18. The van der Waals surface area contributed by atoms with Gasteiger partial charge in [-0.1, -0.05) is 18.2 Å². The molecule has 3 aromatic carbocycles. The molecule has 0 unspecified atom stereocenters. The van der Waals surface area contributed by atoms with Crippen LogP contribution in [0.3, 0.4) is 0 Å². The maximum absolute atomic E-state index is 14.5. The lowest BCUT2D eigenvalue weighted by Gasteiger charge is -2.26. The Labute approximate surface area is 176 Å². The highest BCUT2D eigenvalue weighted by molar-refractivity contribution is 5.93. The topological polar surface area (TPSA) is 47.4 Å². The van der Waals surface area contributed by atoms with Gasteiger partial charge in [-0.3, -0.25) is 10.5 Å². The van der Waals surface area contributed by atoms with E-state index >= 15 is 0 Å². The minimum atomic E-state index is -1.01. The number of benzene rings is 3. The van der Waals surface area contributed by atoms with Crippen molar-refractivity contribution in [2.24, 2.45) is 0 Å². The molecular formula is C25H25FN3O. The summed E-state index contributed by atoms with van der Waals surface area (Å²) in [5.41, 5.74) is 13.6. The van der Waals surface area contributed by atoms with E-state index in [4.69, 9.17) is 5.73 Å². The summed E-state index contributed by atoms with van der Waals surface area (Å²) in [7, 11) is 4.01. The van der Waals surface area contributed by atoms with Gasteiger partial charge in [0, 0.05) is 37.7 Å². The normalized spacial score (nSPS) is 12.5. The summed E-state index contributed by atoms with van der Waals surface area (Å²) in [5.74, 6) is -1.68. The quantitative estimate of drug-likeness (QED) is 0.573. The van der Waals surface area contributed by atoms with Gasteiger partial charge in [0.2, 0.25) is 0 Å². The number of fused-ring (bicyclic) bond motifs is 1. The van der Waals surface area contributed by atoms with Gasteiger partial charge in [-0.15, -0.1) is 0 Å². The second-order valence-corrected chi connectivity index (χ2v) is 7.95. The van der Waals surface area contributed by atoms with Gasteiger partial charge in [0.25, 0.3) is 5.91 Å². The van der Waals surface area contributed by atoms with E-state index in [1.54, 1.807) is 6.07 Å². The Morgan fingerprint density at radius 2 is 1.53 bits per heavy atom. The molecule has 1 aliphatic carbocycles. The molecular weight excluding hydrogens is 377 g/mol. The largest absolute Gasteiger partial charge is 0.378 e. The number of rotatable bonds is 6. The summed E-state index contributed by atoms with van der Waals surface area (Å²) in [5, 5.41) is 0. The summed E-state index contributed by atoms with van der Waals surface area (Å²) in [6, 6.07) is 19.2. The number of carbonyl (C=O) groups is 1. The molecule has 0 heterocycles. The minimum Gasteiger partial charge on any atom is -0.378 e. The smallest absolute Gasteiger partial charge is 0.272 e. The summed E-state index contributed by atoms with van der Waals surface area (Å²) >= 11 is 0. The Kier molecular flexibility index (Phi) is 5.44. The summed E-state index contributed by atoms with van der Waals surface area (Å²) in [6.45, 7) is 0.570. The number of aryl methyl sites for hydroxylation is 2. The fourth-order valence-electron chi connectivity index (χ4n) is 4.00. The van der Waals surface area contributed by atoms with Gasteiger partial charge in [-0.2, -0.15) is 0 Å². The van der Waals surface area contributed by atoms with Crippen LogP contribution in [0.4, 0.5) is 21.5 Å². The highest BCUT2D eigenvalue weighted by Crippen LogP contribution is 2.33. The van der Waals surface area contributed by atoms with Gasteiger partial charge in [-0.25, -0.2) is 4.39 Å². The molecule has 153 valence electrons. The molecule has 0 saturated carbocycles. The van der Waals surface area contributed by atoms with E-state index in [0.717, 1.165) is 29.8 Å². The standard InChI is InChI=1S/C25H25FN3O/c1-28(2)20-9-6-17(7-10-20)16-29(21-11-8-18-4-3-5-19(18)14-21)22-12-13-23(25(27)30)24(26)15-22/h6-15,27H,3-5,16H2,1-2H3. The summed E-state index contributed by atoms with van der Waals surface area (Å²) < 4.78 is 14.5. The van der Waals surface area contributed by atoms with Crippen LogP contribution >= 0.6 is 0 Å². The molecule has 1 N–H and O–H groups in total. The molecule has 5 heteroatoms. The molecule has 4 rings (SSSR count). The van der Waals surface area contributed by atoms with Crippen LogP contribution in [0.1, 0.15) is 33.5 Å². The Balaban J connectivity index is 1.73. The highest BCUT2D eigenvalue weighted by Gasteiger charge is 2.18. The Morgan fingerprint density at radius 1 is 0.900 bits per heavy atom. The zero-order chi connectivity index (χ0) is 21.3. The van der Waals surface area contributed by atoms with Crippen molar-refractivity contribution in [3.8, 4) is 0 Å². The zero-order valence-electron chi connectivity index (χ0n) is 17.3. The number of halogens is 1. The molecule has 3 aromatic rings. The maximum atomic E-state index is 14.5. The number of hydrogen-bond acceptors (Lipinski definition) is 3. The first-order chi connectivity index (χ1) is 14.4. The second kappa shape index (κ2) is 8.19. The molecule has 30 heavy (non-hydrogen) atoms. The monoisotopic (exact) mass is 402 g/mol. The molecule has 0 aromatic heterocycles. The first kappa shape index (κ1) is 20.0. The van der Waals surface area contributed by atoms with Crippen LogP contribution in [0.2, 0.25) is 0 Å². The van der Waals surface area contributed by atoms with Crippen molar-refractivity contribution in [3.63, 3.8) is 0 Å². The zero-order valence-corrected chi connectivity index (χ0v) is 17.3. The SMILES string of the molecule is CN(C)c1ccc(CN(c2ccc(C([NH])=O)c(F)c2)c2ccc3c(c2)CCC3)cc1. The van der Waals surface area contributed by atoms with Crippen LogP contribution in [0.15, 0.2) is 60.7 Å². The molecule has 0 spiro atoms. The van der Waals surface area contributed by atoms with Crippen molar-refractivity contribution in [1.82, 2.24) is 5.73 Å². The predicted octanol–water partition coefficient (Wildman–Crippen LogP) is 5.14. The van der Waals surface area contributed by atoms with E-state index in [-0.39, 0.29) is 5.56 Å². The molecule has 1 aliphatic rings. The first-order valence-corrected chi connectivity index (χ1v) is 10.1. The average molecular weight is 402 g/mol. The van der Waals surface area contributed by atoms with Crippen molar-refractivity contribution in [3.05, 3.63) is 88.7 Å². The molecule has 0 fully saturated rings. The van der Waals surface area contributed by atoms with Crippen molar-refractivity contribution < 1.29 is 9.18 Å². The molecule has 1 radical (unpaired) electrons. The van der Waals surface area contributed by atoms with E-state index in [1.807, 2.05) is 19.0 Å². The van der Waals surface area contributed by atoms with Gasteiger partial charge < -0.3 is 9.80 Å². The van der Waals surface area contributed by atoms with Crippen LogP contribution in [0, 0.1) is 5.82 Å². The van der Waals surface area contributed by atoms with Gasteiger partial charge in [0.05, 0.1) is 5.56 Å². The molecule has 1 amide bonds. The van der Waals surface area contributed by atoms with Gasteiger partial charge >= 0.3 is 0 Å². The van der Waals surface area contributed by atoms with Crippen LogP contribution < -0.4 is 15.5 Å². The van der Waals surface area contributed by atoms with Crippen molar-refractivity contribution in [2.45, 2.75) is 25.8 Å². The Morgan fingerprint density at radius 3 is 2.20 bits per heavy atom. The van der Waals surface area contributed by atoms with E-state index in [2.05, 4.69) is 47.4 Å². The van der Waals surface area contributed by atoms with E-state index < -0.39 is 11.7 Å². The number of hydrogen-bond donors (Lipinski definition) is 0. The first-order valence-electron chi connectivity index (χ1n) is 10.1. The van der Waals surface area contributed by atoms with E-state index in [0.29, 0.717) is 12.2 Å². The van der Waals surface area contributed by atoms with Crippen molar-refractivity contribution in [2.75, 3.05) is 23.9 Å². The molecule has 4 nitrogen and oxygen atoms in total.